The van der Waals surface area contributed by atoms with Crippen molar-refractivity contribution in [3.63, 3.8) is 0 Å². The molecule has 0 aliphatic carbocycles. The standard InChI is InChI=1S/C27H23ClN2O6/c1-3-35-23-15-18(14-22(28)24(23)36-16-17-7-5-4-6-8-17)13-21-25(31)29-27(33)30(26(21)32)19-9-11-20(34-2)12-10-19/h4-15H,3,16H2,1-2H3,(H,29,31,33)/b21-13+. The summed E-state index contributed by atoms with van der Waals surface area (Å²) in [5, 5.41) is 2.45. The number of amides is 4. The number of halogens is 1. The maximum atomic E-state index is 13.2. The van der Waals surface area contributed by atoms with Crippen LogP contribution >= 0.6 is 11.6 Å². The first kappa shape index (κ1) is 24.8. The molecule has 0 radical (unpaired) electrons. The molecule has 1 N–H and O–H groups in total. The number of carbonyl (C=O) groups is 3. The predicted octanol–water partition coefficient (Wildman–Crippen LogP) is 4.99. The summed E-state index contributed by atoms with van der Waals surface area (Å²) in [6.45, 7) is 2.44. The number of hydrogen-bond acceptors (Lipinski definition) is 6. The molecule has 36 heavy (non-hydrogen) atoms. The minimum atomic E-state index is -0.843. The van der Waals surface area contributed by atoms with Crippen LogP contribution in [0.15, 0.2) is 72.3 Å². The zero-order valence-electron chi connectivity index (χ0n) is 19.6. The van der Waals surface area contributed by atoms with E-state index in [0.29, 0.717) is 29.4 Å². The lowest BCUT2D eigenvalue weighted by atomic mass is 10.1. The molecule has 0 saturated carbocycles. The number of ether oxygens (including phenoxy) is 3. The van der Waals surface area contributed by atoms with Crippen molar-refractivity contribution in [2.75, 3.05) is 18.6 Å². The Balaban J connectivity index is 1.65. The van der Waals surface area contributed by atoms with Crippen molar-refractivity contribution in [2.24, 2.45) is 0 Å². The van der Waals surface area contributed by atoms with Gasteiger partial charge in [-0.05, 0) is 60.5 Å². The number of nitrogens with one attached hydrogen (secondary N) is 1. The van der Waals surface area contributed by atoms with Crippen LogP contribution in [-0.2, 0) is 16.2 Å². The van der Waals surface area contributed by atoms with Crippen LogP contribution in [0, 0.1) is 0 Å². The summed E-state index contributed by atoms with van der Waals surface area (Å²) >= 11 is 6.51. The number of carbonyl (C=O) groups excluding carboxylic acids is 3. The first-order valence-corrected chi connectivity index (χ1v) is 11.5. The van der Waals surface area contributed by atoms with Gasteiger partial charge in [0.25, 0.3) is 11.8 Å². The first-order chi connectivity index (χ1) is 17.4. The Hall–Kier alpha value is -4.30. The number of methoxy groups -OCH3 is 1. The molecule has 3 aromatic rings. The maximum Gasteiger partial charge on any atom is 0.335 e. The van der Waals surface area contributed by atoms with Gasteiger partial charge in [0.1, 0.15) is 17.9 Å². The summed E-state index contributed by atoms with van der Waals surface area (Å²) in [7, 11) is 1.51. The average molecular weight is 507 g/mol. The Labute approximate surface area is 213 Å². The van der Waals surface area contributed by atoms with Crippen molar-refractivity contribution < 1.29 is 28.6 Å². The molecule has 0 bridgehead atoms. The predicted molar refractivity (Wildman–Crippen MR) is 135 cm³/mol. The average Bonchev–Trinajstić information content (AvgIpc) is 2.87. The number of urea groups is 1. The van der Waals surface area contributed by atoms with Crippen LogP contribution in [-0.4, -0.2) is 31.6 Å². The Bertz CT molecular complexity index is 1320. The van der Waals surface area contributed by atoms with Gasteiger partial charge in [0.2, 0.25) is 0 Å². The number of imide groups is 2. The maximum absolute atomic E-state index is 13.2. The summed E-state index contributed by atoms with van der Waals surface area (Å²) in [6, 6.07) is 18.2. The lowest BCUT2D eigenvalue weighted by Crippen LogP contribution is -2.54. The van der Waals surface area contributed by atoms with E-state index in [9.17, 15) is 14.4 Å². The summed E-state index contributed by atoms with van der Waals surface area (Å²) in [5.41, 5.74) is 1.43. The van der Waals surface area contributed by atoms with Gasteiger partial charge in [0.15, 0.2) is 11.5 Å². The highest BCUT2D eigenvalue weighted by atomic mass is 35.5. The van der Waals surface area contributed by atoms with Crippen LogP contribution in [0.2, 0.25) is 5.02 Å². The topological polar surface area (TPSA) is 94.2 Å². The van der Waals surface area contributed by atoms with E-state index >= 15 is 0 Å². The van der Waals surface area contributed by atoms with Gasteiger partial charge >= 0.3 is 6.03 Å². The zero-order valence-corrected chi connectivity index (χ0v) is 20.4. The van der Waals surface area contributed by atoms with Gasteiger partial charge < -0.3 is 14.2 Å². The summed E-state index contributed by atoms with van der Waals surface area (Å²) in [6.07, 6.45) is 1.36. The summed E-state index contributed by atoms with van der Waals surface area (Å²) in [4.78, 5) is 39.1. The first-order valence-electron chi connectivity index (χ1n) is 11.1. The molecule has 9 heteroatoms. The highest BCUT2D eigenvalue weighted by Gasteiger charge is 2.37. The Morgan fingerprint density at radius 1 is 0.972 bits per heavy atom. The van der Waals surface area contributed by atoms with Gasteiger partial charge in [0.05, 0.1) is 24.4 Å². The van der Waals surface area contributed by atoms with E-state index in [1.165, 1.54) is 13.2 Å². The largest absolute Gasteiger partial charge is 0.497 e. The quantitative estimate of drug-likeness (QED) is 0.341. The molecule has 1 fully saturated rings. The molecule has 0 aromatic heterocycles. The highest BCUT2D eigenvalue weighted by Crippen LogP contribution is 2.38. The van der Waals surface area contributed by atoms with Crippen LogP contribution in [0.4, 0.5) is 10.5 Å². The van der Waals surface area contributed by atoms with Crippen LogP contribution in [0.25, 0.3) is 6.08 Å². The third-order valence-corrected chi connectivity index (χ3v) is 5.58. The van der Waals surface area contributed by atoms with E-state index in [2.05, 4.69) is 5.32 Å². The Kier molecular flexibility index (Phi) is 7.56. The molecule has 1 aliphatic rings. The van der Waals surface area contributed by atoms with E-state index in [0.717, 1.165) is 10.5 Å². The van der Waals surface area contributed by atoms with E-state index in [-0.39, 0.29) is 22.9 Å². The van der Waals surface area contributed by atoms with Crippen molar-refractivity contribution in [3.05, 3.63) is 88.5 Å². The lowest BCUT2D eigenvalue weighted by molar-refractivity contribution is -0.122. The molecule has 1 aliphatic heterocycles. The molecule has 8 nitrogen and oxygen atoms in total. The van der Waals surface area contributed by atoms with Gasteiger partial charge in [0, 0.05) is 0 Å². The smallest absolute Gasteiger partial charge is 0.335 e. The normalized spacial score (nSPS) is 14.6. The molecular weight excluding hydrogens is 484 g/mol. The third-order valence-electron chi connectivity index (χ3n) is 5.30. The van der Waals surface area contributed by atoms with E-state index in [4.69, 9.17) is 25.8 Å². The lowest BCUT2D eigenvalue weighted by Gasteiger charge is -2.26. The van der Waals surface area contributed by atoms with Crippen molar-refractivity contribution in [3.8, 4) is 17.2 Å². The molecule has 184 valence electrons. The second-order valence-corrected chi connectivity index (χ2v) is 8.10. The number of benzene rings is 3. The zero-order chi connectivity index (χ0) is 25.7. The molecule has 4 rings (SSSR count). The van der Waals surface area contributed by atoms with Crippen LogP contribution in [0.5, 0.6) is 17.2 Å². The SMILES string of the molecule is CCOc1cc(/C=C2\C(=O)NC(=O)N(c3ccc(OC)cc3)C2=O)cc(Cl)c1OCc1ccccc1. The van der Waals surface area contributed by atoms with Crippen LogP contribution in [0.1, 0.15) is 18.1 Å². The molecule has 0 unspecified atom stereocenters. The number of barbiturate groups is 1. The molecule has 0 spiro atoms. The minimum Gasteiger partial charge on any atom is -0.497 e. The molecule has 1 heterocycles. The highest BCUT2D eigenvalue weighted by molar-refractivity contribution is 6.39. The van der Waals surface area contributed by atoms with Gasteiger partial charge in [-0.3, -0.25) is 14.9 Å². The fraction of sp³-hybridized carbons (Fsp3) is 0.148. The van der Waals surface area contributed by atoms with Crippen molar-refractivity contribution in [1.82, 2.24) is 5.32 Å². The summed E-state index contributed by atoms with van der Waals surface area (Å²) in [5.74, 6) is -0.317. The summed E-state index contributed by atoms with van der Waals surface area (Å²) < 4.78 is 16.8. The second-order valence-electron chi connectivity index (χ2n) is 7.69. The second kappa shape index (κ2) is 11.0. The number of rotatable bonds is 8. The van der Waals surface area contributed by atoms with Crippen LogP contribution in [0.3, 0.4) is 0 Å². The van der Waals surface area contributed by atoms with Gasteiger partial charge in [-0.15, -0.1) is 0 Å². The number of hydrogen-bond donors (Lipinski definition) is 1. The van der Waals surface area contributed by atoms with Gasteiger partial charge in [-0.25, -0.2) is 9.69 Å². The van der Waals surface area contributed by atoms with Gasteiger partial charge in [-0.1, -0.05) is 41.9 Å². The fourth-order valence-electron chi connectivity index (χ4n) is 3.59. The van der Waals surface area contributed by atoms with Crippen molar-refractivity contribution in [2.45, 2.75) is 13.5 Å². The van der Waals surface area contributed by atoms with E-state index in [1.807, 2.05) is 37.3 Å². The van der Waals surface area contributed by atoms with E-state index < -0.39 is 17.8 Å². The third kappa shape index (κ3) is 5.34. The molecule has 0 atom stereocenters. The Morgan fingerprint density at radius 2 is 1.69 bits per heavy atom. The van der Waals surface area contributed by atoms with Crippen molar-refractivity contribution >= 4 is 41.2 Å². The molecular formula is C27H23ClN2O6. The van der Waals surface area contributed by atoms with E-state index in [1.54, 1.807) is 36.4 Å². The monoisotopic (exact) mass is 506 g/mol. The van der Waals surface area contributed by atoms with Gasteiger partial charge in [-0.2, -0.15) is 0 Å². The fourth-order valence-corrected chi connectivity index (χ4v) is 3.87. The van der Waals surface area contributed by atoms with Crippen molar-refractivity contribution in [1.29, 1.82) is 0 Å². The number of nitrogens with zero attached hydrogens (tertiary/aromatic N) is 1. The molecule has 4 amide bonds. The number of anilines is 1. The Morgan fingerprint density at radius 3 is 2.36 bits per heavy atom. The minimum absolute atomic E-state index is 0.234. The van der Waals surface area contributed by atoms with Crippen LogP contribution < -0.4 is 24.4 Å². The molecule has 3 aromatic carbocycles. The molecule has 1 saturated heterocycles.